The fourth-order valence-corrected chi connectivity index (χ4v) is 5.75. The molecule has 2 amide bonds. The van der Waals surface area contributed by atoms with Gasteiger partial charge in [0.05, 0.1) is 21.3 Å². The van der Waals surface area contributed by atoms with Gasteiger partial charge in [-0.3, -0.25) is 9.59 Å². The number of hydrogen-bond donors (Lipinski definition) is 2. The number of nitrogens with zero attached hydrogens (tertiary/aromatic N) is 4. The predicted octanol–water partition coefficient (Wildman–Crippen LogP) is 4.96. The molecule has 0 spiro atoms. The molecule has 2 aromatic carbocycles. The van der Waals surface area contributed by atoms with Gasteiger partial charge in [-0.05, 0) is 62.1 Å². The number of benzene rings is 2. The number of carbonyl (C=O) groups excluding carboxylic acids is 2. The average molecular weight is 511 g/mol. The molecule has 8 nitrogen and oxygen atoms in total. The summed E-state index contributed by atoms with van der Waals surface area (Å²) in [4.78, 5) is 36.1. The van der Waals surface area contributed by atoms with Crippen molar-refractivity contribution >= 4 is 67.1 Å². The lowest BCUT2D eigenvalue weighted by Crippen LogP contribution is -2.40. The highest BCUT2D eigenvalue weighted by atomic mass is 35.5. The Morgan fingerprint density at radius 1 is 1.06 bits per heavy atom. The minimum atomic E-state index is -0.113. The van der Waals surface area contributed by atoms with Gasteiger partial charge in [0.25, 0.3) is 5.91 Å². The lowest BCUT2D eigenvalue weighted by molar-refractivity contribution is -0.134. The van der Waals surface area contributed by atoms with E-state index in [1.54, 1.807) is 19.0 Å². The Labute approximate surface area is 212 Å². The topological polar surface area (TPSA) is 92.2 Å². The summed E-state index contributed by atoms with van der Waals surface area (Å²) in [5.41, 5.74) is 3.09. The van der Waals surface area contributed by atoms with E-state index in [2.05, 4.69) is 15.6 Å². The van der Waals surface area contributed by atoms with E-state index in [1.165, 1.54) is 11.3 Å². The number of aryl methyl sites for hydroxylation is 1. The van der Waals surface area contributed by atoms with Gasteiger partial charge in [-0.25, -0.2) is 9.97 Å². The minimum absolute atomic E-state index is 0.0568. The molecule has 35 heavy (non-hydrogen) atoms. The third-order valence-corrected chi connectivity index (χ3v) is 7.73. The first kappa shape index (κ1) is 23.6. The van der Waals surface area contributed by atoms with Gasteiger partial charge in [-0.1, -0.05) is 22.9 Å². The van der Waals surface area contributed by atoms with Crippen LogP contribution in [0.2, 0.25) is 5.02 Å². The highest BCUT2D eigenvalue weighted by molar-refractivity contribution is 7.22. The third kappa shape index (κ3) is 4.83. The lowest BCUT2D eigenvalue weighted by Gasteiger charge is -2.29. The molecule has 4 aromatic rings. The Balaban J connectivity index is 1.28. The largest absolute Gasteiger partial charge is 0.349 e. The first-order chi connectivity index (χ1) is 16.8. The number of hydrogen-bond acceptors (Lipinski definition) is 6. The van der Waals surface area contributed by atoms with Crippen LogP contribution in [0, 0.1) is 5.92 Å². The van der Waals surface area contributed by atoms with Crippen LogP contribution < -0.4 is 10.6 Å². The van der Waals surface area contributed by atoms with Crippen LogP contribution in [0.4, 0.5) is 11.1 Å². The monoisotopic (exact) mass is 510 g/mol. The van der Waals surface area contributed by atoms with Crippen molar-refractivity contribution in [2.75, 3.05) is 19.4 Å². The number of amides is 2. The number of halogens is 1. The van der Waals surface area contributed by atoms with Crippen LogP contribution in [-0.4, -0.2) is 51.4 Å². The summed E-state index contributed by atoms with van der Waals surface area (Å²) in [5, 5.41) is 7.83. The van der Waals surface area contributed by atoms with E-state index in [4.69, 9.17) is 16.6 Å². The minimum Gasteiger partial charge on any atom is -0.349 e. The van der Waals surface area contributed by atoms with Crippen molar-refractivity contribution < 1.29 is 9.59 Å². The van der Waals surface area contributed by atoms with Gasteiger partial charge in [0.15, 0.2) is 5.13 Å². The molecular formula is C25H27ClN6O2S. The molecular weight excluding hydrogens is 484 g/mol. The molecule has 5 rings (SSSR count). The molecule has 0 saturated heterocycles. The second-order valence-electron chi connectivity index (χ2n) is 9.21. The third-order valence-electron chi connectivity index (χ3n) is 6.56. The first-order valence-corrected chi connectivity index (χ1v) is 12.8. The molecule has 0 unspecified atom stereocenters. The standard InChI is InChI=1S/C25H27ClN6O2S/c1-31(2)23(34)14-4-8-17(9-5-14)27-22(33)15-6-11-20-19(12-15)28-24(32(20)3)30-25-29-18-10-7-16(26)13-21(18)35-25/h6-7,10-14,17H,4-5,8-9H2,1-3H3,(H,27,33)(H,28,29,30). The SMILES string of the molecule is CN(C)C(=O)C1CCC(NC(=O)c2ccc3c(c2)nc(Nc2nc4ccc(Cl)cc4s2)n3C)CC1. The number of thiazole rings is 1. The van der Waals surface area contributed by atoms with E-state index in [1.807, 2.05) is 48.0 Å². The maximum atomic E-state index is 12.9. The van der Waals surface area contributed by atoms with Gasteiger partial charge >= 0.3 is 0 Å². The quantitative estimate of drug-likeness (QED) is 0.396. The van der Waals surface area contributed by atoms with Crippen LogP contribution in [-0.2, 0) is 11.8 Å². The van der Waals surface area contributed by atoms with Crippen molar-refractivity contribution in [3.63, 3.8) is 0 Å². The van der Waals surface area contributed by atoms with E-state index in [-0.39, 0.29) is 23.8 Å². The number of nitrogens with one attached hydrogen (secondary N) is 2. The average Bonchev–Trinajstić information content (AvgIpc) is 3.38. The van der Waals surface area contributed by atoms with Gasteiger partial charge in [0, 0.05) is 43.7 Å². The Kier molecular flexibility index (Phi) is 6.37. The van der Waals surface area contributed by atoms with Crippen LogP contribution in [0.5, 0.6) is 0 Å². The zero-order valence-electron chi connectivity index (χ0n) is 19.8. The Morgan fingerprint density at radius 2 is 1.83 bits per heavy atom. The molecule has 0 atom stereocenters. The van der Waals surface area contributed by atoms with Crippen LogP contribution in [0.25, 0.3) is 21.3 Å². The smallest absolute Gasteiger partial charge is 0.251 e. The summed E-state index contributed by atoms with van der Waals surface area (Å²) in [5.74, 6) is 0.764. The van der Waals surface area contributed by atoms with Crippen molar-refractivity contribution in [2.45, 2.75) is 31.7 Å². The second-order valence-corrected chi connectivity index (χ2v) is 10.7. The number of fused-ring (bicyclic) bond motifs is 2. The van der Waals surface area contributed by atoms with Gasteiger partial charge in [0.2, 0.25) is 11.9 Å². The highest BCUT2D eigenvalue weighted by Gasteiger charge is 2.28. The maximum absolute atomic E-state index is 12.9. The molecule has 0 bridgehead atoms. The number of carbonyl (C=O) groups is 2. The van der Waals surface area contributed by atoms with Crippen LogP contribution in [0.3, 0.4) is 0 Å². The Hall–Kier alpha value is -3.17. The normalized spacial score (nSPS) is 18.1. The van der Waals surface area contributed by atoms with E-state index >= 15 is 0 Å². The number of imidazole rings is 1. The predicted molar refractivity (Wildman–Crippen MR) is 141 cm³/mol. The van der Waals surface area contributed by atoms with Crippen molar-refractivity contribution in [3.05, 3.63) is 47.0 Å². The van der Waals surface area contributed by atoms with Gasteiger partial charge in [0.1, 0.15) is 0 Å². The number of aromatic nitrogens is 3. The van der Waals surface area contributed by atoms with Crippen molar-refractivity contribution in [1.82, 2.24) is 24.8 Å². The summed E-state index contributed by atoms with van der Waals surface area (Å²) in [6, 6.07) is 11.2. The fourth-order valence-electron chi connectivity index (χ4n) is 4.62. The molecule has 182 valence electrons. The Morgan fingerprint density at radius 3 is 2.57 bits per heavy atom. The summed E-state index contributed by atoms with van der Waals surface area (Å²) >= 11 is 7.60. The summed E-state index contributed by atoms with van der Waals surface area (Å²) in [7, 11) is 5.51. The lowest BCUT2D eigenvalue weighted by atomic mass is 9.85. The maximum Gasteiger partial charge on any atom is 0.251 e. The molecule has 1 saturated carbocycles. The molecule has 0 aliphatic heterocycles. The summed E-state index contributed by atoms with van der Waals surface area (Å²) in [6.07, 6.45) is 3.22. The van der Waals surface area contributed by atoms with Gasteiger partial charge in [-0.15, -0.1) is 0 Å². The highest BCUT2D eigenvalue weighted by Crippen LogP contribution is 2.31. The van der Waals surface area contributed by atoms with E-state index in [9.17, 15) is 9.59 Å². The summed E-state index contributed by atoms with van der Waals surface area (Å²) < 4.78 is 2.94. The molecule has 1 aliphatic carbocycles. The van der Waals surface area contributed by atoms with Crippen molar-refractivity contribution in [2.24, 2.45) is 13.0 Å². The van der Waals surface area contributed by atoms with Crippen molar-refractivity contribution in [1.29, 1.82) is 0 Å². The van der Waals surface area contributed by atoms with Crippen LogP contribution >= 0.6 is 22.9 Å². The molecule has 2 N–H and O–H groups in total. The molecule has 2 heterocycles. The van der Waals surface area contributed by atoms with Gasteiger partial charge < -0.3 is 20.1 Å². The zero-order chi connectivity index (χ0) is 24.7. The molecule has 1 fully saturated rings. The second kappa shape index (κ2) is 9.47. The molecule has 1 aliphatic rings. The fraction of sp³-hybridized carbons (Fsp3) is 0.360. The molecule has 2 aromatic heterocycles. The van der Waals surface area contributed by atoms with Gasteiger partial charge in [-0.2, -0.15) is 0 Å². The van der Waals surface area contributed by atoms with Crippen molar-refractivity contribution in [3.8, 4) is 0 Å². The van der Waals surface area contributed by atoms with Crippen LogP contribution in [0.1, 0.15) is 36.0 Å². The summed E-state index contributed by atoms with van der Waals surface area (Å²) in [6.45, 7) is 0. The molecule has 0 radical (unpaired) electrons. The Bertz CT molecular complexity index is 1420. The molecule has 10 heteroatoms. The first-order valence-electron chi connectivity index (χ1n) is 11.6. The zero-order valence-corrected chi connectivity index (χ0v) is 21.4. The van der Waals surface area contributed by atoms with E-state index < -0.39 is 0 Å². The number of anilines is 2. The van der Waals surface area contributed by atoms with E-state index in [0.717, 1.165) is 52.1 Å². The number of rotatable bonds is 5. The van der Waals surface area contributed by atoms with E-state index in [0.29, 0.717) is 16.5 Å². The van der Waals surface area contributed by atoms with Crippen LogP contribution in [0.15, 0.2) is 36.4 Å².